The standard InChI is InChI=1S/C13H15F2N5O/c1-2-16-6-12-7-20(19-18-12)8-13(21)17-11-4-9(14)3-10(15)5-11/h3-5,7,16H,2,6,8H2,1H3,(H,17,21). The van der Waals surface area contributed by atoms with Crippen molar-refractivity contribution < 1.29 is 13.6 Å². The molecular weight excluding hydrogens is 280 g/mol. The van der Waals surface area contributed by atoms with Gasteiger partial charge in [-0.15, -0.1) is 5.10 Å². The molecule has 2 rings (SSSR count). The summed E-state index contributed by atoms with van der Waals surface area (Å²) in [4.78, 5) is 11.8. The van der Waals surface area contributed by atoms with Gasteiger partial charge in [-0.05, 0) is 18.7 Å². The summed E-state index contributed by atoms with van der Waals surface area (Å²) in [6, 6.07) is 2.82. The van der Waals surface area contributed by atoms with Crippen molar-refractivity contribution >= 4 is 11.6 Å². The first-order valence-corrected chi connectivity index (χ1v) is 6.42. The van der Waals surface area contributed by atoms with Gasteiger partial charge in [0.05, 0.1) is 11.9 Å². The highest BCUT2D eigenvalue weighted by atomic mass is 19.1. The lowest BCUT2D eigenvalue weighted by atomic mass is 10.3. The minimum absolute atomic E-state index is 0.0606. The Kier molecular flexibility index (Phi) is 4.94. The minimum Gasteiger partial charge on any atom is -0.324 e. The van der Waals surface area contributed by atoms with Gasteiger partial charge in [0, 0.05) is 18.3 Å². The molecule has 1 aromatic carbocycles. The average Bonchev–Trinajstić information content (AvgIpc) is 2.82. The molecule has 0 bridgehead atoms. The molecular formula is C13H15F2N5O. The Morgan fingerprint density at radius 3 is 2.67 bits per heavy atom. The van der Waals surface area contributed by atoms with Crippen LogP contribution in [0.2, 0.25) is 0 Å². The van der Waals surface area contributed by atoms with E-state index in [1.54, 1.807) is 6.20 Å². The lowest BCUT2D eigenvalue weighted by molar-refractivity contribution is -0.116. The van der Waals surface area contributed by atoms with Gasteiger partial charge in [-0.2, -0.15) is 0 Å². The summed E-state index contributed by atoms with van der Waals surface area (Å²) in [5, 5.41) is 13.2. The van der Waals surface area contributed by atoms with E-state index in [2.05, 4.69) is 20.9 Å². The van der Waals surface area contributed by atoms with Gasteiger partial charge in [0.15, 0.2) is 0 Å². The van der Waals surface area contributed by atoms with Crippen molar-refractivity contribution in [2.45, 2.75) is 20.0 Å². The van der Waals surface area contributed by atoms with E-state index >= 15 is 0 Å². The number of hydrogen-bond donors (Lipinski definition) is 2. The van der Waals surface area contributed by atoms with Gasteiger partial charge in [-0.25, -0.2) is 13.5 Å². The molecule has 0 fully saturated rings. The van der Waals surface area contributed by atoms with Gasteiger partial charge in [0.1, 0.15) is 18.2 Å². The van der Waals surface area contributed by atoms with Gasteiger partial charge >= 0.3 is 0 Å². The fourth-order valence-electron chi connectivity index (χ4n) is 1.72. The molecule has 0 radical (unpaired) electrons. The van der Waals surface area contributed by atoms with Crippen LogP contribution < -0.4 is 10.6 Å². The predicted molar refractivity (Wildman–Crippen MR) is 72.4 cm³/mol. The van der Waals surface area contributed by atoms with Crippen LogP contribution in [0, 0.1) is 11.6 Å². The van der Waals surface area contributed by atoms with Crippen molar-refractivity contribution in [3.05, 3.63) is 41.7 Å². The second-order valence-electron chi connectivity index (χ2n) is 4.39. The van der Waals surface area contributed by atoms with Gasteiger partial charge in [-0.1, -0.05) is 12.1 Å². The Hall–Kier alpha value is -2.35. The maximum atomic E-state index is 13.0. The molecule has 21 heavy (non-hydrogen) atoms. The molecule has 0 aliphatic carbocycles. The van der Waals surface area contributed by atoms with Gasteiger partial charge in [0.25, 0.3) is 0 Å². The molecule has 0 saturated carbocycles. The molecule has 1 amide bonds. The molecule has 112 valence electrons. The first-order chi connectivity index (χ1) is 10.1. The van der Waals surface area contributed by atoms with E-state index in [1.165, 1.54) is 4.68 Å². The van der Waals surface area contributed by atoms with Crippen LogP contribution in [0.5, 0.6) is 0 Å². The number of nitrogens with one attached hydrogen (secondary N) is 2. The number of benzene rings is 1. The summed E-state index contributed by atoms with van der Waals surface area (Å²) >= 11 is 0. The maximum Gasteiger partial charge on any atom is 0.246 e. The lowest BCUT2D eigenvalue weighted by Gasteiger charge is -2.05. The maximum absolute atomic E-state index is 13.0. The fourth-order valence-corrected chi connectivity index (χ4v) is 1.72. The molecule has 0 unspecified atom stereocenters. The zero-order chi connectivity index (χ0) is 15.2. The number of halogens is 2. The highest BCUT2D eigenvalue weighted by molar-refractivity contribution is 5.90. The molecule has 2 aromatic rings. The number of hydrogen-bond acceptors (Lipinski definition) is 4. The van der Waals surface area contributed by atoms with Crippen molar-refractivity contribution in [1.29, 1.82) is 0 Å². The smallest absolute Gasteiger partial charge is 0.246 e. The number of nitrogens with zero attached hydrogens (tertiary/aromatic N) is 3. The van der Waals surface area contributed by atoms with E-state index in [-0.39, 0.29) is 12.2 Å². The lowest BCUT2D eigenvalue weighted by Crippen LogP contribution is -2.19. The molecule has 1 aromatic heterocycles. The Labute approximate surface area is 120 Å². The van der Waals surface area contributed by atoms with E-state index in [9.17, 15) is 13.6 Å². The molecule has 0 aliphatic rings. The third kappa shape index (κ3) is 4.60. The van der Waals surface area contributed by atoms with Crippen molar-refractivity contribution in [3.63, 3.8) is 0 Å². The summed E-state index contributed by atoms with van der Waals surface area (Å²) in [5.74, 6) is -1.95. The van der Waals surface area contributed by atoms with Crippen molar-refractivity contribution in [1.82, 2.24) is 20.3 Å². The highest BCUT2D eigenvalue weighted by Crippen LogP contribution is 2.12. The zero-order valence-corrected chi connectivity index (χ0v) is 11.4. The first-order valence-electron chi connectivity index (χ1n) is 6.42. The number of amides is 1. The quantitative estimate of drug-likeness (QED) is 0.843. The number of carbonyl (C=O) groups excluding carboxylic acids is 1. The summed E-state index contributed by atoms with van der Waals surface area (Å²) in [6.45, 7) is 3.25. The Morgan fingerprint density at radius 2 is 2.00 bits per heavy atom. The topological polar surface area (TPSA) is 71.8 Å². The van der Waals surface area contributed by atoms with Crippen LogP contribution in [0.4, 0.5) is 14.5 Å². The van der Waals surface area contributed by atoms with Crippen LogP contribution in [0.25, 0.3) is 0 Å². The zero-order valence-electron chi connectivity index (χ0n) is 11.4. The molecule has 0 atom stereocenters. The monoisotopic (exact) mass is 295 g/mol. The van der Waals surface area contributed by atoms with E-state index in [0.717, 1.165) is 24.7 Å². The summed E-state index contributed by atoms with van der Waals surface area (Å²) in [7, 11) is 0. The largest absolute Gasteiger partial charge is 0.324 e. The Morgan fingerprint density at radius 1 is 1.29 bits per heavy atom. The summed E-state index contributed by atoms with van der Waals surface area (Å²) in [5.41, 5.74) is 0.770. The van der Waals surface area contributed by atoms with Crippen LogP contribution in [0.1, 0.15) is 12.6 Å². The van der Waals surface area contributed by atoms with Crippen molar-refractivity contribution in [2.24, 2.45) is 0 Å². The SMILES string of the molecule is CCNCc1cn(CC(=O)Nc2cc(F)cc(F)c2)nn1. The van der Waals surface area contributed by atoms with Gasteiger partial charge in [-0.3, -0.25) is 4.79 Å². The van der Waals surface area contributed by atoms with E-state index in [0.29, 0.717) is 12.2 Å². The third-order valence-corrected chi connectivity index (χ3v) is 2.59. The van der Waals surface area contributed by atoms with Crippen molar-refractivity contribution in [3.8, 4) is 0 Å². The third-order valence-electron chi connectivity index (χ3n) is 2.59. The van der Waals surface area contributed by atoms with Crippen LogP contribution in [-0.4, -0.2) is 27.4 Å². The second-order valence-corrected chi connectivity index (χ2v) is 4.39. The second kappa shape index (κ2) is 6.89. The normalized spacial score (nSPS) is 10.6. The van der Waals surface area contributed by atoms with Crippen LogP contribution in [0.3, 0.4) is 0 Å². The first kappa shape index (κ1) is 15.0. The predicted octanol–water partition coefficient (Wildman–Crippen LogP) is 1.30. The molecule has 0 spiro atoms. The number of aromatic nitrogens is 3. The van der Waals surface area contributed by atoms with Crippen LogP contribution in [-0.2, 0) is 17.9 Å². The summed E-state index contributed by atoms with van der Waals surface area (Å²) in [6.07, 6.45) is 1.63. The van der Waals surface area contributed by atoms with E-state index in [4.69, 9.17) is 0 Å². The van der Waals surface area contributed by atoms with E-state index < -0.39 is 17.5 Å². The number of anilines is 1. The van der Waals surface area contributed by atoms with Gasteiger partial charge in [0.2, 0.25) is 5.91 Å². The summed E-state index contributed by atoms with van der Waals surface area (Å²) < 4.78 is 27.4. The Bertz CT molecular complexity index is 609. The highest BCUT2D eigenvalue weighted by Gasteiger charge is 2.08. The molecule has 8 heteroatoms. The number of rotatable bonds is 6. The van der Waals surface area contributed by atoms with Crippen molar-refractivity contribution in [2.75, 3.05) is 11.9 Å². The molecule has 6 nitrogen and oxygen atoms in total. The average molecular weight is 295 g/mol. The Balaban J connectivity index is 1.93. The van der Waals surface area contributed by atoms with E-state index in [1.807, 2.05) is 6.92 Å². The van der Waals surface area contributed by atoms with Crippen LogP contribution >= 0.6 is 0 Å². The molecule has 0 saturated heterocycles. The van der Waals surface area contributed by atoms with Gasteiger partial charge < -0.3 is 10.6 Å². The molecule has 2 N–H and O–H groups in total. The number of carbonyl (C=O) groups is 1. The van der Waals surface area contributed by atoms with Crippen LogP contribution in [0.15, 0.2) is 24.4 Å². The fraction of sp³-hybridized carbons (Fsp3) is 0.308. The molecule has 0 aliphatic heterocycles. The minimum atomic E-state index is -0.751. The molecule has 1 heterocycles.